The molecule has 2 aromatic heterocycles. The second kappa shape index (κ2) is 8.43. The highest BCUT2D eigenvalue weighted by molar-refractivity contribution is 7.99. The monoisotopic (exact) mass is 388 g/mol. The maximum absolute atomic E-state index is 5.96. The zero-order valence-corrected chi connectivity index (χ0v) is 16.7. The number of hydrogen-bond donors (Lipinski definition) is 1. The Morgan fingerprint density at radius 1 is 1.26 bits per heavy atom. The highest BCUT2D eigenvalue weighted by Gasteiger charge is 2.23. The topological polar surface area (TPSA) is 89.0 Å². The fraction of sp³-hybridized carbons (Fsp3) is 0.667. The van der Waals surface area contributed by atoms with E-state index in [2.05, 4.69) is 36.3 Å². The molecule has 146 valence electrons. The van der Waals surface area contributed by atoms with E-state index in [4.69, 9.17) is 5.73 Å². The lowest BCUT2D eigenvalue weighted by Crippen LogP contribution is -2.38. The summed E-state index contributed by atoms with van der Waals surface area (Å²) in [5, 5.41) is 8.75. The van der Waals surface area contributed by atoms with Crippen LogP contribution in [0.25, 0.3) is 0 Å². The minimum atomic E-state index is 0.519. The molecule has 2 N–H and O–H groups in total. The van der Waals surface area contributed by atoms with Crippen LogP contribution in [0.4, 0.5) is 11.8 Å². The van der Waals surface area contributed by atoms with Gasteiger partial charge in [0.15, 0.2) is 0 Å². The van der Waals surface area contributed by atoms with Crippen molar-refractivity contribution in [1.82, 2.24) is 29.9 Å². The smallest absolute Gasteiger partial charge is 0.227 e. The van der Waals surface area contributed by atoms with Gasteiger partial charge in [-0.15, -0.1) is 5.10 Å². The van der Waals surface area contributed by atoms with Crippen molar-refractivity contribution in [3.63, 3.8) is 0 Å². The number of rotatable bonds is 5. The number of nitrogen functional groups attached to an aromatic ring is 1. The molecule has 4 heterocycles. The van der Waals surface area contributed by atoms with Crippen molar-refractivity contribution < 1.29 is 0 Å². The molecule has 0 radical (unpaired) electrons. The minimum absolute atomic E-state index is 0.519. The first-order valence-corrected chi connectivity index (χ1v) is 10.9. The van der Waals surface area contributed by atoms with E-state index in [1.807, 2.05) is 29.6 Å². The Kier molecular flexibility index (Phi) is 5.77. The summed E-state index contributed by atoms with van der Waals surface area (Å²) in [6.07, 6.45) is 6.25. The molecule has 0 amide bonds. The summed E-state index contributed by atoms with van der Waals surface area (Å²) in [5.41, 5.74) is 7.96. The predicted molar refractivity (Wildman–Crippen MR) is 109 cm³/mol. The van der Waals surface area contributed by atoms with Gasteiger partial charge in [0.1, 0.15) is 5.82 Å². The van der Waals surface area contributed by atoms with Gasteiger partial charge in [0.05, 0.1) is 5.69 Å². The van der Waals surface area contributed by atoms with Crippen LogP contribution in [0, 0.1) is 12.8 Å². The van der Waals surface area contributed by atoms with Crippen LogP contribution in [-0.2, 0) is 13.1 Å². The molecule has 2 fully saturated rings. The Bertz CT molecular complexity index is 758. The van der Waals surface area contributed by atoms with Crippen LogP contribution in [0.5, 0.6) is 0 Å². The highest BCUT2D eigenvalue weighted by Crippen LogP contribution is 2.23. The van der Waals surface area contributed by atoms with Crippen molar-refractivity contribution in [2.45, 2.75) is 32.9 Å². The molecule has 1 unspecified atom stereocenters. The van der Waals surface area contributed by atoms with E-state index in [0.717, 1.165) is 62.9 Å². The SMILES string of the molecule is Cc1cnc(N2CCCC(Cn3cc(CN4CCSCC4)nn3)C2)nc1N. The average Bonchev–Trinajstić information content (AvgIpc) is 3.12. The molecule has 8 nitrogen and oxygen atoms in total. The minimum Gasteiger partial charge on any atom is -0.383 e. The fourth-order valence-corrected chi connectivity index (χ4v) is 4.73. The van der Waals surface area contributed by atoms with Crippen LogP contribution in [-0.4, -0.2) is 67.5 Å². The Hall–Kier alpha value is -1.87. The van der Waals surface area contributed by atoms with E-state index >= 15 is 0 Å². The lowest BCUT2D eigenvalue weighted by atomic mass is 9.98. The van der Waals surface area contributed by atoms with Crippen LogP contribution in [0.3, 0.4) is 0 Å². The zero-order chi connectivity index (χ0) is 18.6. The largest absolute Gasteiger partial charge is 0.383 e. The van der Waals surface area contributed by atoms with Crippen LogP contribution in [0.2, 0.25) is 0 Å². The molecule has 2 aromatic rings. The zero-order valence-electron chi connectivity index (χ0n) is 15.9. The van der Waals surface area contributed by atoms with Gasteiger partial charge in [0, 0.05) is 68.7 Å². The van der Waals surface area contributed by atoms with Gasteiger partial charge in [-0.05, 0) is 25.7 Å². The molecule has 2 saturated heterocycles. The average molecular weight is 389 g/mol. The number of aromatic nitrogens is 5. The maximum atomic E-state index is 5.96. The summed E-state index contributed by atoms with van der Waals surface area (Å²) in [6, 6.07) is 0. The third-order valence-corrected chi connectivity index (χ3v) is 6.26. The van der Waals surface area contributed by atoms with Gasteiger partial charge in [-0.1, -0.05) is 5.21 Å². The first-order chi connectivity index (χ1) is 13.2. The first kappa shape index (κ1) is 18.5. The summed E-state index contributed by atoms with van der Waals surface area (Å²) in [5.74, 6) is 4.27. The molecule has 27 heavy (non-hydrogen) atoms. The van der Waals surface area contributed by atoms with Crippen LogP contribution >= 0.6 is 11.8 Å². The molecule has 0 saturated carbocycles. The molecule has 2 aliphatic heterocycles. The molecule has 0 spiro atoms. The number of piperidine rings is 1. The van der Waals surface area contributed by atoms with Crippen molar-refractivity contribution in [3.05, 3.63) is 23.7 Å². The fourth-order valence-electron chi connectivity index (χ4n) is 3.75. The van der Waals surface area contributed by atoms with Crippen molar-refractivity contribution in [2.75, 3.05) is 48.3 Å². The van der Waals surface area contributed by atoms with Gasteiger partial charge in [0.25, 0.3) is 0 Å². The van der Waals surface area contributed by atoms with Crippen molar-refractivity contribution >= 4 is 23.5 Å². The molecule has 0 bridgehead atoms. The lowest BCUT2D eigenvalue weighted by molar-refractivity contribution is 0.291. The van der Waals surface area contributed by atoms with Gasteiger partial charge in [-0.3, -0.25) is 9.58 Å². The predicted octanol–water partition coefficient (Wildman–Crippen LogP) is 1.42. The number of anilines is 2. The van der Waals surface area contributed by atoms with Gasteiger partial charge in [0.2, 0.25) is 5.95 Å². The second-order valence-electron chi connectivity index (χ2n) is 7.51. The molecular formula is C18H28N8S. The number of aryl methyl sites for hydroxylation is 1. The summed E-state index contributed by atoms with van der Waals surface area (Å²) < 4.78 is 2.01. The highest BCUT2D eigenvalue weighted by atomic mass is 32.2. The van der Waals surface area contributed by atoms with E-state index in [0.29, 0.717) is 11.7 Å². The normalized spacial score (nSPS) is 21.5. The van der Waals surface area contributed by atoms with Crippen molar-refractivity contribution in [1.29, 1.82) is 0 Å². The van der Waals surface area contributed by atoms with Gasteiger partial charge >= 0.3 is 0 Å². The Morgan fingerprint density at radius 2 is 2.11 bits per heavy atom. The number of nitrogens with two attached hydrogens (primary N) is 1. The third-order valence-electron chi connectivity index (χ3n) is 5.32. The summed E-state index contributed by atoms with van der Waals surface area (Å²) in [4.78, 5) is 13.6. The molecule has 0 aliphatic carbocycles. The van der Waals surface area contributed by atoms with E-state index in [9.17, 15) is 0 Å². The molecule has 4 rings (SSSR count). The second-order valence-corrected chi connectivity index (χ2v) is 8.74. The Balaban J connectivity index is 1.34. The van der Waals surface area contributed by atoms with Crippen LogP contribution in [0.15, 0.2) is 12.4 Å². The van der Waals surface area contributed by atoms with Crippen molar-refractivity contribution in [2.24, 2.45) is 5.92 Å². The summed E-state index contributed by atoms with van der Waals surface area (Å²) in [7, 11) is 0. The number of nitrogens with zero attached hydrogens (tertiary/aromatic N) is 7. The van der Waals surface area contributed by atoms with E-state index in [1.54, 1.807) is 0 Å². The Labute approximate surface area is 164 Å². The van der Waals surface area contributed by atoms with Crippen LogP contribution in [0.1, 0.15) is 24.1 Å². The van der Waals surface area contributed by atoms with Gasteiger partial charge < -0.3 is 10.6 Å². The lowest BCUT2D eigenvalue weighted by Gasteiger charge is -2.32. The standard InChI is InChI=1S/C18H28N8S/c1-14-9-20-18(21-17(14)19)25-4-2-3-15(10-25)11-26-13-16(22-23-26)12-24-5-7-27-8-6-24/h9,13,15H,2-8,10-12H2,1H3,(H2,19,20,21). The molecule has 2 aliphatic rings. The molecule has 0 aromatic carbocycles. The number of thioether (sulfide) groups is 1. The Morgan fingerprint density at radius 3 is 2.93 bits per heavy atom. The van der Waals surface area contributed by atoms with Crippen LogP contribution < -0.4 is 10.6 Å². The molecular weight excluding hydrogens is 360 g/mol. The quantitative estimate of drug-likeness (QED) is 0.823. The molecule has 9 heteroatoms. The van der Waals surface area contributed by atoms with Gasteiger partial charge in [-0.25, -0.2) is 4.98 Å². The van der Waals surface area contributed by atoms with Crippen molar-refractivity contribution in [3.8, 4) is 0 Å². The van der Waals surface area contributed by atoms with Gasteiger partial charge in [-0.2, -0.15) is 16.7 Å². The summed E-state index contributed by atoms with van der Waals surface area (Å²) >= 11 is 2.03. The van der Waals surface area contributed by atoms with E-state index in [-0.39, 0.29) is 0 Å². The third kappa shape index (κ3) is 4.70. The van der Waals surface area contributed by atoms with E-state index in [1.165, 1.54) is 17.9 Å². The van der Waals surface area contributed by atoms with E-state index < -0.39 is 0 Å². The maximum Gasteiger partial charge on any atom is 0.227 e. The summed E-state index contributed by atoms with van der Waals surface area (Å²) in [6.45, 7) is 7.94. The number of hydrogen-bond acceptors (Lipinski definition) is 8. The molecule has 1 atom stereocenters. The first-order valence-electron chi connectivity index (χ1n) is 9.70.